The van der Waals surface area contributed by atoms with Crippen molar-refractivity contribution in [2.24, 2.45) is 0 Å². The van der Waals surface area contributed by atoms with Crippen molar-refractivity contribution in [1.29, 1.82) is 0 Å². The third kappa shape index (κ3) is 3.28. The number of carbonyl (C=O) groups excluding carboxylic acids is 1. The molecule has 2 aromatic rings. The molecule has 0 fully saturated rings. The van der Waals surface area contributed by atoms with Crippen LogP contribution in [0, 0.1) is 0 Å². The van der Waals surface area contributed by atoms with Gasteiger partial charge in [0.1, 0.15) is 5.69 Å². The van der Waals surface area contributed by atoms with E-state index in [0.717, 1.165) is 9.35 Å². The van der Waals surface area contributed by atoms with Gasteiger partial charge < -0.3 is 5.32 Å². The van der Waals surface area contributed by atoms with Crippen LogP contribution in [0.5, 0.6) is 0 Å². The molecule has 0 radical (unpaired) electrons. The van der Waals surface area contributed by atoms with Crippen LogP contribution in [-0.2, 0) is 6.54 Å². The van der Waals surface area contributed by atoms with Gasteiger partial charge in [0.05, 0.1) is 11.6 Å². The molecule has 6 heteroatoms. The van der Waals surface area contributed by atoms with Gasteiger partial charge in [-0.05, 0) is 39.5 Å². The Morgan fingerprint density at radius 3 is 2.88 bits per heavy atom. The van der Waals surface area contributed by atoms with Crippen molar-refractivity contribution in [3.63, 3.8) is 0 Å². The van der Waals surface area contributed by atoms with Crippen molar-refractivity contribution < 1.29 is 4.79 Å². The van der Waals surface area contributed by atoms with Gasteiger partial charge in [0.15, 0.2) is 0 Å². The summed E-state index contributed by atoms with van der Waals surface area (Å²) in [4.78, 5) is 16.8. The van der Waals surface area contributed by atoms with Crippen LogP contribution in [0.1, 0.15) is 15.4 Å². The predicted octanol–water partition coefficient (Wildman–Crippen LogP) is 3.49. The highest BCUT2D eigenvalue weighted by molar-refractivity contribution is 9.10. The van der Waals surface area contributed by atoms with E-state index in [2.05, 4.69) is 26.2 Å². The number of amides is 1. The van der Waals surface area contributed by atoms with Crippen LogP contribution in [-0.4, -0.2) is 10.9 Å². The normalized spacial score (nSPS) is 10.2. The molecule has 0 aliphatic heterocycles. The predicted molar refractivity (Wildman–Crippen MR) is 72.4 cm³/mol. The molecule has 2 aromatic heterocycles. The van der Waals surface area contributed by atoms with Crippen LogP contribution in [0.2, 0.25) is 5.02 Å². The van der Waals surface area contributed by atoms with E-state index in [0.29, 0.717) is 17.3 Å². The van der Waals surface area contributed by atoms with Crippen molar-refractivity contribution in [3.8, 4) is 0 Å². The van der Waals surface area contributed by atoms with Crippen molar-refractivity contribution in [2.45, 2.75) is 6.54 Å². The lowest BCUT2D eigenvalue weighted by Crippen LogP contribution is -2.23. The topological polar surface area (TPSA) is 42.0 Å². The van der Waals surface area contributed by atoms with E-state index in [9.17, 15) is 4.79 Å². The fourth-order valence-corrected chi connectivity index (χ4v) is 2.76. The third-order valence-corrected chi connectivity index (χ3v) is 4.21. The Morgan fingerprint density at radius 2 is 2.29 bits per heavy atom. The molecule has 88 valence electrons. The smallest absolute Gasteiger partial charge is 0.270 e. The summed E-state index contributed by atoms with van der Waals surface area (Å²) in [7, 11) is 0. The summed E-state index contributed by atoms with van der Waals surface area (Å²) < 4.78 is 1.01. The Kier molecular flexibility index (Phi) is 4.15. The first-order chi connectivity index (χ1) is 8.16. The Balaban J connectivity index is 1.98. The van der Waals surface area contributed by atoms with Crippen molar-refractivity contribution in [3.05, 3.63) is 49.8 Å². The minimum atomic E-state index is -0.207. The van der Waals surface area contributed by atoms with E-state index in [1.807, 2.05) is 11.4 Å². The van der Waals surface area contributed by atoms with Crippen LogP contribution in [0.3, 0.4) is 0 Å². The van der Waals surface area contributed by atoms with Crippen LogP contribution in [0.4, 0.5) is 0 Å². The number of hydrogen-bond acceptors (Lipinski definition) is 3. The number of aromatic nitrogens is 1. The second kappa shape index (κ2) is 5.62. The van der Waals surface area contributed by atoms with E-state index < -0.39 is 0 Å². The molecule has 0 atom stereocenters. The molecule has 0 aromatic carbocycles. The van der Waals surface area contributed by atoms with Gasteiger partial charge in [-0.25, -0.2) is 4.98 Å². The first-order valence-electron chi connectivity index (χ1n) is 4.78. The van der Waals surface area contributed by atoms with Gasteiger partial charge in [-0.2, -0.15) is 0 Å². The fourth-order valence-electron chi connectivity index (χ4n) is 1.21. The van der Waals surface area contributed by atoms with Crippen LogP contribution in [0.15, 0.2) is 34.2 Å². The lowest BCUT2D eigenvalue weighted by atomic mass is 10.3. The third-order valence-electron chi connectivity index (χ3n) is 2.06. The molecule has 0 aliphatic carbocycles. The highest BCUT2D eigenvalue weighted by Gasteiger charge is 2.08. The molecule has 3 nitrogen and oxygen atoms in total. The van der Waals surface area contributed by atoms with Crippen LogP contribution < -0.4 is 5.32 Å². The molecule has 2 rings (SSSR count). The molecule has 0 saturated carbocycles. The number of hydrogen-bond donors (Lipinski definition) is 1. The summed E-state index contributed by atoms with van der Waals surface area (Å²) in [6, 6.07) is 5.19. The minimum Gasteiger partial charge on any atom is -0.346 e. The maximum absolute atomic E-state index is 11.7. The van der Waals surface area contributed by atoms with Gasteiger partial charge in [0.25, 0.3) is 5.91 Å². The SMILES string of the molecule is O=C(NCc1sccc1Br)c1ccc(Cl)cn1. The van der Waals surface area contributed by atoms with Gasteiger partial charge in [-0.3, -0.25) is 4.79 Å². The summed E-state index contributed by atoms with van der Waals surface area (Å²) in [6.07, 6.45) is 1.46. The molecule has 0 aliphatic rings. The van der Waals surface area contributed by atoms with Crippen molar-refractivity contribution >= 4 is 44.8 Å². The quantitative estimate of drug-likeness (QED) is 0.935. The second-order valence-corrected chi connectivity index (χ2v) is 5.53. The minimum absolute atomic E-state index is 0.207. The maximum Gasteiger partial charge on any atom is 0.270 e. The van der Waals surface area contributed by atoms with Gasteiger partial charge in [0.2, 0.25) is 0 Å². The van der Waals surface area contributed by atoms with Gasteiger partial charge in [-0.1, -0.05) is 11.6 Å². The highest BCUT2D eigenvalue weighted by Crippen LogP contribution is 2.22. The second-order valence-electron chi connectivity index (χ2n) is 3.24. The lowest BCUT2D eigenvalue weighted by Gasteiger charge is -2.03. The zero-order valence-corrected chi connectivity index (χ0v) is 11.8. The summed E-state index contributed by atoms with van der Waals surface area (Å²) >= 11 is 10.7. The Bertz CT molecular complexity index is 527. The standard InChI is InChI=1S/C11H8BrClN2OS/c12-8-3-4-17-10(8)6-15-11(16)9-2-1-7(13)5-14-9/h1-5H,6H2,(H,15,16). The molecule has 17 heavy (non-hydrogen) atoms. The molecule has 0 spiro atoms. The zero-order chi connectivity index (χ0) is 12.3. The number of nitrogens with one attached hydrogen (secondary N) is 1. The fraction of sp³-hybridized carbons (Fsp3) is 0.0909. The zero-order valence-electron chi connectivity index (χ0n) is 8.61. The largest absolute Gasteiger partial charge is 0.346 e. The van der Waals surface area contributed by atoms with Crippen LogP contribution >= 0.6 is 38.9 Å². The molecule has 0 saturated heterocycles. The van der Waals surface area contributed by atoms with Crippen molar-refractivity contribution in [1.82, 2.24) is 10.3 Å². The van der Waals surface area contributed by atoms with E-state index in [-0.39, 0.29) is 5.91 Å². The number of halogens is 2. The van der Waals surface area contributed by atoms with Crippen molar-refractivity contribution in [2.75, 3.05) is 0 Å². The van der Waals surface area contributed by atoms with E-state index in [1.54, 1.807) is 23.5 Å². The molecule has 2 heterocycles. The van der Waals surface area contributed by atoms with Crippen LogP contribution in [0.25, 0.3) is 0 Å². The van der Waals surface area contributed by atoms with Gasteiger partial charge >= 0.3 is 0 Å². The molecule has 0 unspecified atom stereocenters. The number of nitrogens with zero attached hydrogens (tertiary/aromatic N) is 1. The first kappa shape index (κ1) is 12.5. The summed E-state index contributed by atoms with van der Waals surface area (Å²) in [5.41, 5.74) is 0.363. The number of carbonyl (C=O) groups is 1. The highest BCUT2D eigenvalue weighted by atomic mass is 79.9. The Labute approximate surface area is 116 Å². The molecular formula is C11H8BrClN2OS. The molecular weight excluding hydrogens is 324 g/mol. The van der Waals surface area contributed by atoms with Gasteiger partial charge in [-0.15, -0.1) is 11.3 Å². The number of thiophene rings is 1. The summed E-state index contributed by atoms with van der Waals surface area (Å²) in [5, 5.41) is 5.28. The molecule has 1 N–H and O–H groups in total. The monoisotopic (exact) mass is 330 g/mol. The number of rotatable bonds is 3. The lowest BCUT2D eigenvalue weighted by molar-refractivity contribution is 0.0946. The van der Waals surface area contributed by atoms with E-state index >= 15 is 0 Å². The number of pyridine rings is 1. The van der Waals surface area contributed by atoms with E-state index in [1.165, 1.54) is 6.20 Å². The summed E-state index contributed by atoms with van der Waals surface area (Å²) in [6.45, 7) is 0.487. The average Bonchev–Trinajstić information content (AvgIpc) is 2.73. The van der Waals surface area contributed by atoms with E-state index in [4.69, 9.17) is 11.6 Å². The average molecular weight is 332 g/mol. The summed E-state index contributed by atoms with van der Waals surface area (Å²) in [5.74, 6) is -0.207. The molecule has 0 bridgehead atoms. The van der Waals surface area contributed by atoms with Gasteiger partial charge in [0, 0.05) is 15.5 Å². The first-order valence-corrected chi connectivity index (χ1v) is 6.83. The Hall–Kier alpha value is -0.910. The maximum atomic E-state index is 11.7. The Morgan fingerprint density at radius 1 is 1.47 bits per heavy atom. The molecule has 1 amide bonds.